The Morgan fingerprint density at radius 1 is 1.45 bits per heavy atom. The maximum Gasteiger partial charge on any atom is 0.410 e. The van der Waals surface area contributed by atoms with E-state index in [2.05, 4.69) is 0 Å². The Bertz CT molecular complexity index is 418. The molecule has 0 aromatic rings. The fourth-order valence-electron chi connectivity index (χ4n) is 3.31. The van der Waals surface area contributed by atoms with E-state index in [1.165, 1.54) is 4.90 Å². The van der Waals surface area contributed by atoms with E-state index in [9.17, 15) is 14.0 Å². The molecule has 2 fully saturated rings. The Morgan fingerprint density at radius 3 is 2.55 bits per heavy atom. The number of likely N-dealkylation sites (tertiary alicyclic amines) is 1. The summed E-state index contributed by atoms with van der Waals surface area (Å²) in [5.74, 6) is 0.273. The van der Waals surface area contributed by atoms with Gasteiger partial charge in [0, 0.05) is 13.0 Å². The molecule has 1 aliphatic heterocycles. The van der Waals surface area contributed by atoms with Gasteiger partial charge in [0.1, 0.15) is 17.6 Å². The van der Waals surface area contributed by atoms with E-state index >= 15 is 0 Å². The van der Waals surface area contributed by atoms with Crippen molar-refractivity contribution in [2.75, 3.05) is 13.1 Å². The Kier molecular flexibility index (Phi) is 3.82. The van der Waals surface area contributed by atoms with E-state index in [4.69, 9.17) is 4.74 Å². The van der Waals surface area contributed by atoms with Crippen LogP contribution in [0.5, 0.6) is 0 Å². The minimum Gasteiger partial charge on any atom is -0.444 e. The summed E-state index contributed by atoms with van der Waals surface area (Å²) in [7, 11) is 0. The maximum absolute atomic E-state index is 14.5. The zero-order valence-electron chi connectivity index (χ0n) is 12.7. The summed E-state index contributed by atoms with van der Waals surface area (Å²) in [6.45, 7) is 7.70. The predicted molar refractivity (Wildman–Crippen MR) is 73.2 cm³/mol. The summed E-state index contributed by atoms with van der Waals surface area (Å²) >= 11 is 0. The van der Waals surface area contributed by atoms with Gasteiger partial charge in [-0.1, -0.05) is 6.92 Å². The lowest BCUT2D eigenvalue weighted by Crippen LogP contribution is -2.53. The number of hydrogen-bond donors (Lipinski definition) is 0. The second-order valence-electron chi connectivity index (χ2n) is 7.24. The molecule has 5 heteroatoms. The number of alkyl halides is 1. The number of Topliss-reactive ketones (excluding diaryl/α,β-unsaturated/α-hetero) is 1. The van der Waals surface area contributed by atoms with Gasteiger partial charge in [-0.2, -0.15) is 0 Å². The molecule has 0 radical (unpaired) electrons. The molecule has 3 unspecified atom stereocenters. The van der Waals surface area contributed by atoms with Gasteiger partial charge in [-0.25, -0.2) is 9.18 Å². The van der Waals surface area contributed by atoms with E-state index < -0.39 is 23.3 Å². The first-order valence-electron chi connectivity index (χ1n) is 7.29. The highest BCUT2D eigenvalue weighted by molar-refractivity contribution is 5.88. The number of piperidine rings is 1. The lowest BCUT2D eigenvalue weighted by Gasteiger charge is -2.41. The Morgan fingerprint density at radius 2 is 2.10 bits per heavy atom. The largest absolute Gasteiger partial charge is 0.444 e. The van der Waals surface area contributed by atoms with E-state index in [1.54, 1.807) is 20.8 Å². The third-order valence-corrected chi connectivity index (χ3v) is 4.26. The van der Waals surface area contributed by atoms with Crippen LogP contribution in [0.15, 0.2) is 0 Å². The number of amides is 1. The van der Waals surface area contributed by atoms with Crippen LogP contribution < -0.4 is 0 Å². The molecule has 1 saturated carbocycles. The summed E-state index contributed by atoms with van der Waals surface area (Å²) in [5, 5.41) is 0. The van der Waals surface area contributed by atoms with Crippen LogP contribution in [0.2, 0.25) is 0 Å². The average Bonchev–Trinajstić information content (AvgIpc) is 2.56. The maximum atomic E-state index is 14.5. The summed E-state index contributed by atoms with van der Waals surface area (Å²) in [6, 6.07) is 0. The molecule has 0 aromatic heterocycles. The first-order chi connectivity index (χ1) is 9.14. The van der Waals surface area contributed by atoms with E-state index in [-0.39, 0.29) is 18.2 Å². The molecule has 1 aliphatic carbocycles. The number of hydrogen-bond acceptors (Lipinski definition) is 3. The van der Waals surface area contributed by atoms with Gasteiger partial charge < -0.3 is 9.64 Å². The summed E-state index contributed by atoms with van der Waals surface area (Å²) in [6.07, 6.45) is -0.284. The first-order valence-corrected chi connectivity index (χ1v) is 7.29. The molecule has 20 heavy (non-hydrogen) atoms. The molecule has 114 valence electrons. The molecule has 1 heterocycles. The number of ketones is 1. The zero-order chi connectivity index (χ0) is 15.1. The van der Waals surface area contributed by atoms with Crippen molar-refractivity contribution in [1.82, 2.24) is 4.90 Å². The van der Waals surface area contributed by atoms with Crippen LogP contribution in [-0.2, 0) is 9.53 Å². The molecular formula is C15H24FNO3. The minimum absolute atomic E-state index is 0.0290. The van der Waals surface area contributed by atoms with Crippen LogP contribution in [0.1, 0.15) is 47.0 Å². The highest BCUT2D eigenvalue weighted by Gasteiger charge is 2.54. The van der Waals surface area contributed by atoms with Crippen molar-refractivity contribution in [3.8, 4) is 0 Å². The van der Waals surface area contributed by atoms with Crippen LogP contribution >= 0.6 is 0 Å². The molecule has 4 nitrogen and oxygen atoms in total. The SMILES string of the molecule is CC1CC(=O)C2(CCN(C(=O)OC(C)(C)C)CC2F)C1. The van der Waals surface area contributed by atoms with Gasteiger partial charge in [-0.05, 0) is 39.5 Å². The van der Waals surface area contributed by atoms with Gasteiger partial charge >= 0.3 is 6.09 Å². The van der Waals surface area contributed by atoms with Crippen LogP contribution in [0.4, 0.5) is 9.18 Å². The van der Waals surface area contributed by atoms with Crippen molar-refractivity contribution in [3.05, 3.63) is 0 Å². The third kappa shape index (κ3) is 2.81. The van der Waals surface area contributed by atoms with Gasteiger partial charge in [0.05, 0.1) is 12.0 Å². The van der Waals surface area contributed by atoms with Crippen molar-refractivity contribution in [2.45, 2.75) is 58.7 Å². The topological polar surface area (TPSA) is 46.6 Å². The van der Waals surface area contributed by atoms with E-state index in [0.717, 1.165) is 0 Å². The summed E-state index contributed by atoms with van der Waals surface area (Å²) in [4.78, 5) is 25.4. The highest BCUT2D eigenvalue weighted by Crippen LogP contribution is 2.47. The number of halogens is 1. The van der Waals surface area contributed by atoms with Crippen molar-refractivity contribution in [1.29, 1.82) is 0 Å². The van der Waals surface area contributed by atoms with Crippen LogP contribution in [-0.4, -0.2) is 41.6 Å². The zero-order valence-corrected chi connectivity index (χ0v) is 12.7. The van der Waals surface area contributed by atoms with Crippen LogP contribution in [0.25, 0.3) is 0 Å². The van der Waals surface area contributed by atoms with Crippen LogP contribution in [0, 0.1) is 11.3 Å². The highest BCUT2D eigenvalue weighted by atomic mass is 19.1. The lowest BCUT2D eigenvalue weighted by molar-refractivity contribution is -0.133. The number of carbonyl (C=O) groups is 2. The number of nitrogens with zero attached hydrogens (tertiary/aromatic N) is 1. The minimum atomic E-state index is -1.28. The molecule has 1 spiro atoms. The lowest BCUT2D eigenvalue weighted by atomic mass is 9.74. The van der Waals surface area contributed by atoms with Crippen molar-refractivity contribution in [2.24, 2.45) is 11.3 Å². The number of rotatable bonds is 0. The van der Waals surface area contributed by atoms with Gasteiger partial charge in [-0.15, -0.1) is 0 Å². The first kappa shape index (κ1) is 15.3. The fraction of sp³-hybridized carbons (Fsp3) is 0.867. The van der Waals surface area contributed by atoms with E-state index in [0.29, 0.717) is 25.8 Å². The molecular weight excluding hydrogens is 261 g/mol. The van der Waals surface area contributed by atoms with Gasteiger partial charge in [0.2, 0.25) is 0 Å². The molecule has 2 rings (SSSR count). The van der Waals surface area contributed by atoms with Crippen molar-refractivity contribution < 1.29 is 18.7 Å². The molecule has 1 amide bonds. The standard InChI is InChI=1S/C15H24FNO3/c1-10-7-12(18)15(8-10)5-6-17(9-11(15)16)13(19)20-14(2,3)4/h10-11H,5-9H2,1-4H3. The molecule has 2 aliphatic rings. The fourth-order valence-corrected chi connectivity index (χ4v) is 3.31. The Hall–Kier alpha value is -1.13. The Balaban J connectivity index is 2.03. The van der Waals surface area contributed by atoms with Gasteiger partial charge in [-0.3, -0.25) is 4.79 Å². The molecule has 0 N–H and O–H groups in total. The van der Waals surface area contributed by atoms with Crippen LogP contribution in [0.3, 0.4) is 0 Å². The van der Waals surface area contributed by atoms with Gasteiger partial charge in [0.25, 0.3) is 0 Å². The van der Waals surface area contributed by atoms with Gasteiger partial charge in [0.15, 0.2) is 0 Å². The molecule has 0 aromatic carbocycles. The molecule has 0 bridgehead atoms. The van der Waals surface area contributed by atoms with Crippen molar-refractivity contribution in [3.63, 3.8) is 0 Å². The summed E-state index contributed by atoms with van der Waals surface area (Å²) < 4.78 is 19.8. The quantitative estimate of drug-likeness (QED) is 0.687. The number of ether oxygens (including phenoxy) is 1. The van der Waals surface area contributed by atoms with E-state index in [1.807, 2.05) is 6.92 Å². The second kappa shape index (κ2) is 5.01. The average molecular weight is 285 g/mol. The second-order valence-corrected chi connectivity index (χ2v) is 7.24. The Labute approximate surface area is 119 Å². The number of carbonyl (C=O) groups excluding carboxylic acids is 2. The molecule has 3 atom stereocenters. The van der Waals surface area contributed by atoms with Crippen molar-refractivity contribution >= 4 is 11.9 Å². The normalized spacial score (nSPS) is 34.6. The smallest absolute Gasteiger partial charge is 0.410 e. The predicted octanol–water partition coefficient (Wildman–Crippen LogP) is 2.95. The summed E-state index contributed by atoms with van der Waals surface area (Å²) in [5.41, 5.74) is -1.44. The third-order valence-electron chi connectivity index (χ3n) is 4.26. The molecule has 1 saturated heterocycles. The monoisotopic (exact) mass is 285 g/mol.